The van der Waals surface area contributed by atoms with E-state index in [9.17, 15) is 4.39 Å². The number of halogens is 1. The topological polar surface area (TPSA) is 31.4 Å². The van der Waals surface area contributed by atoms with Crippen LogP contribution >= 0.6 is 0 Å². The summed E-state index contributed by atoms with van der Waals surface area (Å²) in [7, 11) is 0. The van der Waals surface area contributed by atoms with E-state index >= 15 is 0 Å². The Morgan fingerprint density at radius 3 is 2.46 bits per heavy atom. The van der Waals surface area contributed by atoms with Gasteiger partial charge >= 0.3 is 0 Å². The van der Waals surface area contributed by atoms with Crippen molar-refractivity contribution in [3.63, 3.8) is 0 Å². The number of fused-ring (bicyclic) bond motifs is 1. The van der Waals surface area contributed by atoms with Crippen LogP contribution in [0.3, 0.4) is 0 Å². The van der Waals surface area contributed by atoms with Crippen molar-refractivity contribution in [2.24, 2.45) is 0 Å². The van der Waals surface area contributed by atoms with Gasteiger partial charge in [-0.05, 0) is 53.6 Å². The van der Waals surface area contributed by atoms with Gasteiger partial charge in [0.2, 0.25) is 0 Å². The monoisotopic (exact) mass is 377 g/mol. The molecule has 3 nitrogen and oxygen atoms in total. The summed E-state index contributed by atoms with van der Waals surface area (Å²) < 4.78 is 25.1. The first-order valence-electron chi connectivity index (χ1n) is 10.1. The summed E-state index contributed by atoms with van der Waals surface area (Å²) in [4.78, 5) is 5.08. The second-order valence-electron chi connectivity index (χ2n) is 7.89. The van der Waals surface area contributed by atoms with Gasteiger partial charge in [-0.1, -0.05) is 37.3 Å². The van der Waals surface area contributed by atoms with E-state index in [0.29, 0.717) is 19.1 Å². The maximum atomic E-state index is 13.6. The Morgan fingerprint density at radius 2 is 1.75 bits per heavy atom. The van der Waals surface area contributed by atoms with Gasteiger partial charge < -0.3 is 9.47 Å². The lowest BCUT2D eigenvalue weighted by Gasteiger charge is -2.24. The molecule has 4 heteroatoms. The first-order valence-corrected chi connectivity index (χ1v) is 10.1. The summed E-state index contributed by atoms with van der Waals surface area (Å²) in [6, 6.07) is 15.1. The lowest BCUT2D eigenvalue weighted by Crippen LogP contribution is -2.14. The Hall–Kier alpha value is -2.30. The van der Waals surface area contributed by atoms with Crippen LogP contribution in [0.5, 0.6) is 0 Å². The molecule has 0 spiro atoms. The molecule has 28 heavy (non-hydrogen) atoms. The van der Waals surface area contributed by atoms with E-state index in [-0.39, 0.29) is 18.0 Å². The Labute approximate surface area is 164 Å². The number of pyridine rings is 1. The average Bonchev–Trinajstić information content (AvgIpc) is 3.44. The molecule has 1 unspecified atom stereocenters. The fourth-order valence-electron chi connectivity index (χ4n) is 4.29. The molecule has 1 aromatic heterocycles. The molecule has 0 amide bonds. The third-order valence-electron chi connectivity index (χ3n) is 5.79. The van der Waals surface area contributed by atoms with Crippen LogP contribution in [-0.2, 0) is 9.47 Å². The van der Waals surface area contributed by atoms with Crippen LogP contribution in [0, 0.1) is 5.82 Å². The van der Waals surface area contributed by atoms with Crippen LogP contribution in [0.1, 0.15) is 49.3 Å². The summed E-state index contributed by atoms with van der Waals surface area (Å²) in [5.74, 6) is 0.536. The minimum Gasteiger partial charge on any atom is -0.350 e. The zero-order valence-electron chi connectivity index (χ0n) is 16.0. The Morgan fingerprint density at radius 1 is 1.04 bits per heavy atom. The van der Waals surface area contributed by atoms with Gasteiger partial charge in [0.05, 0.1) is 18.7 Å². The predicted molar refractivity (Wildman–Crippen MR) is 108 cm³/mol. The molecule has 0 N–H and O–H groups in total. The van der Waals surface area contributed by atoms with E-state index in [1.165, 1.54) is 29.7 Å². The van der Waals surface area contributed by atoms with Crippen molar-refractivity contribution in [2.45, 2.75) is 44.3 Å². The van der Waals surface area contributed by atoms with Crippen molar-refractivity contribution >= 4 is 10.9 Å². The largest absolute Gasteiger partial charge is 0.350 e. The van der Waals surface area contributed by atoms with Gasteiger partial charge in [0, 0.05) is 23.4 Å². The first kappa shape index (κ1) is 17.8. The van der Waals surface area contributed by atoms with Crippen LogP contribution < -0.4 is 0 Å². The zero-order valence-corrected chi connectivity index (χ0v) is 16.0. The fourth-order valence-corrected chi connectivity index (χ4v) is 4.29. The molecular weight excluding hydrogens is 353 g/mol. The number of benzene rings is 2. The quantitative estimate of drug-likeness (QED) is 0.564. The van der Waals surface area contributed by atoms with E-state index in [4.69, 9.17) is 14.5 Å². The summed E-state index contributed by atoms with van der Waals surface area (Å²) >= 11 is 0. The second kappa shape index (κ2) is 7.26. The minimum atomic E-state index is -0.216. The third kappa shape index (κ3) is 3.31. The predicted octanol–water partition coefficient (Wildman–Crippen LogP) is 5.78. The van der Waals surface area contributed by atoms with Crippen LogP contribution in [0.2, 0.25) is 0 Å². The molecular formula is C24H24FNO2. The first-order chi connectivity index (χ1) is 13.7. The maximum Gasteiger partial charge on any atom is 0.158 e. The van der Waals surface area contributed by atoms with Gasteiger partial charge in [-0.15, -0.1) is 0 Å². The van der Waals surface area contributed by atoms with E-state index in [1.54, 1.807) is 12.1 Å². The van der Waals surface area contributed by atoms with Crippen molar-refractivity contribution in [3.8, 4) is 11.1 Å². The highest BCUT2D eigenvalue weighted by molar-refractivity contribution is 5.97. The molecule has 2 heterocycles. The highest BCUT2D eigenvalue weighted by Crippen LogP contribution is 2.48. The number of rotatable bonds is 5. The molecule has 2 fully saturated rings. The third-order valence-corrected chi connectivity index (χ3v) is 5.79. The van der Waals surface area contributed by atoms with Gasteiger partial charge in [-0.25, -0.2) is 4.39 Å². The lowest BCUT2D eigenvalue weighted by molar-refractivity contribution is -0.0501. The number of hydrogen-bond donors (Lipinski definition) is 0. The normalized spacial score (nSPS) is 18.6. The van der Waals surface area contributed by atoms with E-state index < -0.39 is 0 Å². The molecule has 1 saturated carbocycles. The highest BCUT2D eigenvalue weighted by atomic mass is 19.1. The summed E-state index contributed by atoms with van der Waals surface area (Å²) in [6.45, 7) is 3.55. The molecule has 1 saturated heterocycles. The molecule has 0 radical (unpaired) electrons. The molecule has 1 aliphatic carbocycles. The van der Waals surface area contributed by atoms with Crippen LogP contribution in [-0.4, -0.2) is 24.5 Å². The fraction of sp³-hybridized carbons (Fsp3) is 0.375. The smallest absolute Gasteiger partial charge is 0.158 e. The second-order valence-corrected chi connectivity index (χ2v) is 7.89. The Bertz CT molecular complexity index is 991. The maximum absolute atomic E-state index is 13.6. The molecule has 3 aromatic rings. The van der Waals surface area contributed by atoms with Crippen LogP contribution in [0.25, 0.3) is 22.0 Å². The van der Waals surface area contributed by atoms with Gasteiger partial charge in [0.25, 0.3) is 0 Å². The van der Waals surface area contributed by atoms with Crippen molar-refractivity contribution in [3.05, 3.63) is 65.6 Å². The van der Waals surface area contributed by atoms with E-state index in [0.717, 1.165) is 22.9 Å². The molecule has 1 aliphatic heterocycles. The van der Waals surface area contributed by atoms with Gasteiger partial charge in [-0.2, -0.15) is 0 Å². The van der Waals surface area contributed by atoms with Gasteiger partial charge in [0.1, 0.15) is 5.82 Å². The van der Waals surface area contributed by atoms with Gasteiger partial charge in [0.15, 0.2) is 6.29 Å². The average molecular weight is 377 g/mol. The highest BCUT2D eigenvalue weighted by Gasteiger charge is 2.33. The number of para-hydroxylation sites is 1. The summed E-state index contributed by atoms with van der Waals surface area (Å²) in [5.41, 5.74) is 5.69. The summed E-state index contributed by atoms with van der Waals surface area (Å²) in [5, 5.41) is 1.12. The van der Waals surface area contributed by atoms with Crippen molar-refractivity contribution in [1.29, 1.82) is 0 Å². The van der Waals surface area contributed by atoms with Crippen molar-refractivity contribution < 1.29 is 13.9 Å². The van der Waals surface area contributed by atoms with Crippen molar-refractivity contribution in [2.75, 3.05) is 13.2 Å². The number of ether oxygens (including phenoxy) is 2. The zero-order chi connectivity index (χ0) is 19.1. The SMILES string of the molecule is CC(CC1OCCO1)c1c(C2CC2)nc2ccccc2c1-c1ccc(F)cc1. The van der Waals surface area contributed by atoms with Crippen molar-refractivity contribution in [1.82, 2.24) is 4.98 Å². The molecule has 1 atom stereocenters. The Kier molecular flexibility index (Phi) is 4.61. The number of nitrogens with zero attached hydrogens (tertiary/aromatic N) is 1. The van der Waals surface area contributed by atoms with Crippen LogP contribution in [0.15, 0.2) is 48.5 Å². The minimum absolute atomic E-state index is 0.158. The van der Waals surface area contributed by atoms with Gasteiger partial charge in [-0.3, -0.25) is 4.98 Å². The molecule has 144 valence electrons. The standard InChI is InChI=1S/C24H24FNO2/c1-15(14-21-27-12-13-28-21)22-23(16-8-10-18(25)11-9-16)19-4-2-3-5-20(19)26-24(22)17-6-7-17/h2-5,8-11,15,17,21H,6-7,12-14H2,1H3. The number of hydrogen-bond acceptors (Lipinski definition) is 3. The van der Waals surface area contributed by atoms with E-state index in [2.05, 4.69) is 19.1 Å². The lowest BCUT2D eigenvalue weighted by atomic mass is 9.85. The van der Waals surface area contributed by atoms with E-state index in [1.807, 2.05) is 24.3 Å². The Balaban J connectivity index is 1.71. The number of aromatic nitrogens is 1. The molecule has 5 rings (SSSR count). The molecule has 2 aromatic carbocycles. The molecule has 2 aliphatic rings. The summed E-state index contributed by atoms with van der Waals surface area (Å²) in [6.07, 6.45) is 3.01. The van der Waals surface area contributed by atoms with Crippen LogP contribution in [0.4, 0.5) is 4.39 Å². The molecule has 0 bridgehead atoms.